The van der Waals surface area contributed by atoms with Gasteiger partial charge in [0.15, 0.2) is 10.9 Å². The van der Waals surface area contributed by atoms with Crippen LogP contribution in [0.25, 0.3) is 6.08 Å². The van der Waals surface area contributed by atoms with Gasteiger partial charge in [-0.25, -0.2) is 4.99 Å². The molecule has 0 bridgehead atoms. The van der Waals surface area contributed by atoms with Crippen molar-refractivity contribution in [1.82, 2.24) is 0 Å². The van der Waals surface area contributed by atoms with Gasteiger partial charge >= 0.3 is 10.1 Å². The number of anilines is 1. The predicted octanol–water partition coefficient (Wildman–Crippen LogP) is 10.0. The first-order valence-electron chi connectivity index (χ1n) is 12.7. The fourth-order valence-corrected chi connectivity index (χ4v) is 7.80. The molecule has 1 aliphatic heterocycles. The van der Waals surface area contributed by atoms with Crippen molar-refractivity contribution in [2.75, 3.05) is 4.90 Å². The molecule has 0 saturated carbocycles. The van der Waals surface area contributed by atoms with Crippen molar-refractivity contribution in [2.24, 2.45) is 4.99 Å². The van der Waals surface area contributed by atoms with Crippen LogP contribution in [0.1, 0.15) is 22.3 Å². The lowest BCUT2D eigenvalue weighted by molar-refractivity contribution is -0.113. The number of thioether (sulfide) groups is 1. The fraction of sp³-hybridized carbons (Fsp3) is 0.0968. The van der Waals surface area contributed by atoms with Gasteiger partial charge in [-0.3, -0.25) is 9.69 Å². The van der Waals surface area contributed by atoms with Crippen LogP contribution in [0.15, 0.2) is 96.5 Å². The molecule has 220 valence electrons. The molecule has 6 nitrogen and oxygen atoms in total. The van der Waals surface area contributed by atoms with Gasteiger partial charge in [-0.1, -0.05) is 69.0 Å². The predicted molar refractivity (Wildman–Crippen MR) is 183 cm³/mol. The Kier molecular flexibility index (Phi) is 9.46. The Morgan fingerprint density at radius 2 is 1.53 bits per heavy atom. The lowest BCUT2D eigenvalue weighted by atomic mass is 10.1. The van der Waals surface area contributed by atoms with Gasteiger partial charge in [-0.05, 0) is 114 Å². The molecular formula is C31H22Br2Cl2N2O4S2. The van der Waals surface area contributed by atoms with Crippen molar-refractivity contribution in [2.45, 2.75) is 25.7 Å². The van der Waals surface area contributed by atoms with Crippen LogP contribution in [-0.2, 0) is 14.9 Å². The number of carbonyl (C=O) groups is 1. The summed E-state index contributed by atoms with van der Waals surface area (Å²) in [6, 6.07) is 20.4. The molecule has 1 aliphatic rings. The molecular weight excluding hydrogens is 759 g/mol. The Morgan fingerprint density at radius 3 is 2.19 bits per heavy atom. The summed E-state index contributed by atoms with van der Waals surface area (Å²) in [5, 5.41) is 1.42. The minimum Gasteiger partial charge on any atom is -0.377 e. The summed E-state index contributed by atoms with van der Waals surface area (Å²) in [4.78, 5) is 20.5. The van der Waals surface area contributed by atoms with Crippen LogP contribution in [0.2, 0.25) is 10.0 Å². The largest absolute Gasteiger partial charge is 0.377 e. The van der Waals surface area contributed by atoms with E-state index >= 15 is 0 Å². The maximum absolute atomic E-state index is 14.0. The van der Waals surface area contributed by atoms with E-state index in [2.05, 4.69) is 31.9 Å². The molecule has 4 aromatic carbocycles. The zero-order chi connectivity index (χ0) is 31.1. The van der Waals surface area contributed by atoms with E-state index in [1.807, 2.05) is 39.0 Å². The highest BCUT2D eigenvalue weighted by Gasteiger charge is 2.35. The van der Waals surface area contributed by atoms with Gasteiger partial charge in [0.05, 0.1) is 20.8 Å². The van der Waals surface area contributed by atoms with E-state index in [4.69, 9.17) is 32.4 Å². The van der Waals surface area contributed by atoms with Crippen LogP contribution in [0.4, 0.5) is 11.4 Å². The topological polar surface area (TPSA) is 76.0 Å². The van der Waals surface area contributed by atoms with Crippen molar-refractivity contribution in [3.63, 3.8) is 0 Å². The van der Waals surface area contributed by atoms with Gasteiger partial charge in [-0.15, -0.1) is 0 Å². The normalized spacial score (nSPS) is 15.5. The number of benzene rings is 4. The van der Waals surface area contributed by atoms with Crippen LogP contribution in [0.5, 0.6) is 5.75 Å². The number of aliphatic imine (C=N–C) groups is 1. The SMILES string of the molecule is Cc1ccc(S(=O)(=O)Oc2c(Br)cc(Br)cc2/C=C2/SC(=Nc3ccc(C)c(Cl)c3)N(c3ccc(C)c(Cl)c3)C2=O)cc1. The van der Waals surface area contributed by atoms with Crippen LogP contribution < -0.4 is 9.08 Å². The Bertz CT molecular complexity index is 1950. The highest BCUT2D eigenvalue weighted by Crippen LogP contribution is 2.42. The van der Waals surface area contributed by atoms with E-state index < -0.39 is 10.1 Å². The summed E-state index contributed by atoms with van der Waals surface area (Å²) in [5.41, 5.74) is 4.12. The minimum absolute atomic E-state index is 0.00597. The van der Waals surface area contributed by atoms with Crippen LogP contribution in [0, 0.1) is 20.8 Å². The van der Waals surface area contributed by atoms with E-state index in [0.29, 0.717) is 41.1 Å². The molecule has 1 amide bonds. The molecule has 0 unspecified atom stereocenters. The van der Waals surface area contributed by atoms with Crippen molar-refractivity contribution in [3.05, 3.63) is 119 Å². The number of nitrogens with zero attached hydrogens (tertiary/aromatic N) is 2. The van der Waals surface area contributed by atoms with Gasteiger partial charge in [-0.2, -0.15) is 8.42 Å². The molecule has 1 saturated heterocycles. The van der Waals surface area contributed by atoms with Gasteiger partial charge in [0.25, 0.3) is 5.91 Å². The van der Waals surface area contributed by atoms with Gasteiger partial charge in [0.2, 0.25) is 0 Å². The summed E-state index contributed by atoms with van der Waals surface area (Å²) < 4.78 is 33.1. The number of carbonyl (C=O) groups excluding carboxylic acids is 1. The average Bonchev–Trinajstić information content (AvgIpc) is 3.24. The van der Waals surface area contributed by atoms with Crippen molar-refractivity contribution < 1.29 is 17.4 Å². The maximum atomic E-state index is 14.0. The molecule has 1 heterocycles. The molecule has 4 aromatic rings. The first-order valence-corrected chi connectivity index (χ1v) is 17.2. The number of amidine groups is 1. The van der Waals surface area contributed by atoms with E-state index in [-0.39, 0.29) is 21.5 Å². The lowest BCUT2D eigenvalue weighted by Gasteiger charge is -2.17. The summed E-state index contributed by atoms with van der Waals surface area (Å²) in [6.45, 7) is 5.63. The molecule has 5 rings (SSSR count). The smallest absolute Gasteiger partial charge is 0.339 e. The van der Waals surface area contributed by atoms with E-state index in [1.165, 1.54) is 17.0 Å². The minimum atomic E-state index is -4.18. The zero-order valence-corrected chi connectivity index (χ0v) is 29.2. The third kappa shape index (κ3) is 7.05. The molecule has 0 aromatic heterocycles. The van der Waals surface area contributed by atoms with Crippen LogP contribution in [-0.4, -0.2) is 19.5 Å². The second kappa shape index (κ2) is 12.8. The van der Waals surface area contributed by atoms with Gasteiger partial charge in [0.1, 0.15) is 4.90 Å². The summed E-state index contributed by atoms with van der Waals surface area (Å²) in [7, 11) is -4.18. The highest BCUT2D eigenvalue weighted by atomic mass is 79.9. The number of hydrogen-bond donors (Lipinski definition) is 0. The molecule has 0 spiro atoms. The number of rotatable bonds is 6. The molecule has 0 radical (unpaired) electrons. The molecule has 0 atom stereocenters. The third-order valence-electron chi connectivity index (χ3n) is 6.43. The standard InChI is InChI=1S/C31H22Br2Cl2N2O4S2/c1-17-4-10-24(11-5-17)43(39,40)41-29-20(12-21(32)14-25(29)33)13-28-30(38)37(23-9-7-19(3)27(35)16-23)31(42-28)36-22-8-6-18(2)26(34)15-22/h4-16H,1-3H3/b28-13+,36-31?. The number of hydrogen-bond acceptors (Lipinski definition) is 6. The Balaban J connectivity index is 1.61. The third-order valence-corrected chi connectivity index (χ3v) is 10.5. The number of halogens is 4. The Labute approximate surface area is 281 Å². The van der Waals surface area contributed by atoms with Crippen molar-refractivity contribution in [3.8, 4) is 5.75 Å². The Hall–Kier alpha value is -2.60. The highest BCUT2D eigenvalue weighted by molar-refractivity contribution is 9.11. The van der Waals surface area contributed by atoms with Crippen LogP contribution in [0.3, 0.4) is 0 Å². The maximum Gasteiger partial charge on any atom is 0.339 e. The van der Waals surface area contributed by atoms with Crippen molar-refractivity contribution >= 4 is 105 Å². The molecule has 12 heteroatoms. The summed E-state index contributed by atoms with van der Waals surface area (Å²) in [5.74, 6) is -0.337. The molecule has 0 N–H and O–H groups in total. The van der Waals surface area contributed by atoms with E-state index in [1.54, 1.807) is 48.5 Å². The van der Waals surface area contributed by atoms with Crippen molar-refractivity contribution in [1.29, 1.82) is 0 Å². The second-order valence-corrected chi connectivity index (χ2v) is 14.8. The first kappa shape index (κ1) is 31.8. The van der Waals surface area contributed by atoms with Crippen LogP contribution >= 0.6 is 66.8 Å². The summed E-state index contributed by atoms with van der Waals surface area (Å²) in [6.07, 6.45) is 1.58. The van der Waals surface area contributed by atoms with E-state index in [0.717, 1.165) is 28.5 Å². The molecule has 1 fully saturated rings. The lowest BCUT2D eigenvalue weighted by Crippen LogP contribution is -2.28. The number of aryl methyl sites for hydroxylation is 3. The Morgan fingerprint density at radius 1 is 0.884 bits per heavy atom. The molecule has 43 heavy (non-hydrogen) atoms. The van der Waals surface area contributed by atoms with Gasteiger partial charge < -0.3 is 4.18 Å². The van der Waals surface area contributed by atoms with E-state index in [9.17, 15) is 13.2 Å². The average molecular weight is 781 g/mol. The molecule has 0 aliphatic carbocycles. The summed E-state index contributed by atoms with van der Waals surface area (Å²) >= 11 is 20.8. The quantitative estimate of drug-likeness (QED) is 0.144. The second-order valence-electron chi connectivity index (χ2n) is 9.67. The number of amides is 1. The van der Waals surface area contributed by atoms with Gasteiger partial charge in [0, 0.05) is 20.1 Å². The first-order chi connectivity index (χ1) is 20.3. The monoisotopic (exact) mass is 778 g/mol. The zero-order valence-electron chi connectivity index (χ0n) is 22.9. The fourth-order valence-electron chi connectivity index (χ4n) is 4.04.